The number of amides is 4. The molecule has 1 atom stereocenters. The Morgan fingerprint density at radius 1 is 0.720 bits per heavy atom. The second-order valence-corrected chi connectivity index (χ2v) is 12.0. The number of hydrogen-bond acceptors (Lipinski definition) is 7. The van der Waals surface area contributed by atoms with Crippen molar-refractivity contribution >= 4 is 52.8 Å². The molecule has 4 amide bonds. The molecule has 5 aromatic rings. The number of hydrogen-bond donors (Lipinski definition) is 4. The van der Waals surface area contributed by atoms with Gasteiger partial charge < -0.3 is 31.2 Å². The van der Waals surface area contributed by atoms with Crippen molar-refractivity contribution in [3.8, 4) is 11.5 Å². The van der Waals surface area contributed by atoms with Gasteiger partial charge in [0.25, 0.3) is 17.7 Å². The maximum atomic E-state index is 13.6. The van der Waals surface area contributed by atoms with Crippen LogP contribution in [0.25, 0.3) is 6.08 Å². The molecular weight excluding hydrogens is 653 g/mol. The van der Waals surface area contributed by atoms with E-state index in [0.717, 1.165) is 10.5 Å². The highest BCUT2D eigenvalue weighted by Gasteiger charge is 2.24. The summed E-state index contributed by atoms with van der Waals surface area (Å²) in [5.41, 5.74) is 8.24. The number of anilines is 2. The Bertz CT molecular complexity index is 2020. The quantitative estimate of drug-likeness (QED) is 0.0797. The molecule has 0 saturated carbocycles. The second kappa shape index (κ2) is 16.7. The molecule has 0 saturated heterocycles. The standard InChI is InChI=1S/C39H34N4O6S/c1-48-33-22-17-25(24-34(33)49-2)23-32(43-37(45)27-13-7-4-8-14-27)38(46)41-28-18-20-29(21-19-28)50-35(26-11-5-3-6-12-26)39(47)42-31-16-10-9-15-30(31)36(40)44/h3-24,35H,1-2H3,(H2,40,44)(H,41,46)(H,42,47)(H,43,45)/b32-23-. The third-order valence-electron chi connectivity index (χ3n) is 7.40. The van der Waals surface area contributed by atoms with Crippen molar-refractivity contribution < 1.29 is 28.7 Å². The number of thioether (sulfide) groups is 1. The summed E-state index contributed by atoms with van der Waals surface area (Å²) in [6.45, 7) is 0. The van der Waals surface area contributed by atoms with Crippen LogP contribution in [0.3, 0.4) is 0 Å². The molecule has 5 aromatic carbocycles. The minimum Gasteiger partial charge on any atom is -0.493 e. The average Bonchev–Trinajstić information content (AvgIpc) is 3.14. The minimum atomic E-state index is -0.679. The fourth-order valence-electron chi connectivity index (χ4n) is 4.91. The predicted octanol–water partition coefficient (Wildman–Crippen LogP) is 6.68. The number of rotatable bonds is 13. The Balaban J connectivity index is 1.36. The first kappa shape index (κ1) is 35.0. The number of nitrogens with one attached hydrogen (secondary N) is 3. The SMILES string of the molecule is COc1ccc(/C=C(\NC(=O)c2ccccc2)C(=O)Nc2ccc(SC(C(=O)Nc3ccccc3C(N)=O)c3ccccc3)cc2)cc1OC. The van der Waals surface area contributed by atoms with Crippen molar-refractivity contribution in [2.45, 2.75) is 10.1 Å². The lowest BCUT2D eigenvalue weighted by Gasteiger charge is -2.18. The summed E-state index contributed by atoms with van der Waals surface area (Å²) in [5.74, 6) is -1.02. The molecule has 0 radical (unpaired) electrons. The lowest BCUT2D eigenvalue weighted by molar-refractivity contribution is -0.116. The molecule has 5 N–H and O–H groups in total. The van der Waals surface area contributed by atoms with E-state index in [9.17, 15) is 19.2 Å². The molecule has 0 heterocycles. The molecule has 0 aliphatic carbocycles. The van der Waals surface area contributed by atoms with E-state index in [1.807, 2.05) is 30.3 Å². The number of carbonyl (C=O) groups excluding carboxylic acids is 4. The zero-order valence-electron chi connectivity index (χ0n) is 27.2. The van der Waals surface area contributed by atoms with Gasteiger partial charge in [-0.15, -0.1) is 11.8 Å². The highest BCUT2D eigenvalue weighted by Crippen LogP contribution is 2.37. The van der Waals surface area contributed by atoms with Crippen LogP contribution in [0.5, 0.6) is 11.5 Å². The van der Waals surface area contributed by atoms with Gasteiger partial charge in [0.1, 0.15) is 10.9 Å². The molecule has 10 nitrogen and oxygen atoms in total. The third kappa shape index (κ3) is 8.97. The summed E-state index contributed by atoms with van der Waals surface area (Å²) in [4.78, 5) is 53.0. The van der Waals surface area contributed by atoms with Gasteiger partial charge in [0, 0.05) is 16.1 Å². The Morgan fingerprint density at radius 3 is 2.02 bits per heavy atom. The Morgan fingerprint density at radius 2 is 1.36 bits per heavy atom. The van der Waals surface area contributed by atoms with Gasteiger partial charge in [-0.2, -0.15) is 0 Å². The molecule has 11 heteroatoms. The number of para-hydroxylation sites is 1. The van der Waals surface area contributed by atoms with Crippen LogP contribution in [-0.4, -0.2) is 37.8 Å². The molecule has 0 spiro atoms. The second-order valence-electron chi connectivity index (χ2n) is 10.8. The van der Waals surface area contributed by atoms with E-state index in [1.54, 1.807) is 103 Å². The zero-order valence-corrected chi connectivity index (χ0v) is 28.0. The Kier molecular flexibility index (Phi) is 11.7. The number of benzene rings is 5. The summed E-state index contributed by atoms with van der Waals surface area (Å²) >= 11 is 1.30. The van der Waals surface area contributed by atoms with Gasteiger partial charge in [-0.1, -0.05) is 66.7 Å². The van der Waals surface area contributed by atoms with Gasteiger partial charge in [-0.3, -0.25) is 19.2 Å². The van der Waals surface area contributed by atoms with Gasteiger partial charge >= 0.3 is 0 Å². The molecule has 252 valence electrons. The number of primary amides is 1. The van der Waals surface area contributed by atoms with Gasteiger partial charge in [0.15, 0.2) is 11.5 Å². The molecule has 0 aromatic heterocycles. The van der Waals surface area contributed by atoms with Crippen LogP contribution in [0.1, 0.15) is 37.1 Å². The summed E-state index contributed by atoms with van der Waals surface area (Å²) in [6.07, 6.45) is 1.54. The van der Waals surface area contributed by atoms with Gasteiger partial charge in [-0.05, 0) is 77.9 Å². The number of carbonyl (C=O) groups is 4. The third-order valence-corrected chi connectivity index (χ3v) is 8.67. The molecule has 5 rings (SSSR count). The van der Waals surface area contributed by atoms with Crippen LogP contribution in [0, 0.1) is 0 Å². The maximum Gasteiger partial charge on any atom is 0.272 e. The summed E-state index contributed by atoms with van der Waals surface area (Å²) in [6, 6.07) is 36.5. The van der Waals surface area contributed by atoms with Gasteiger partial charge in [0.05, 0.1) is 25.5 Å². The van der Waals surface area contributed by atoms with Gasteiger partial charge in [-0.25, -0.2) is 0 Å². The monoisotopic (exact) mass is 686 g/mol. The molecule has 0 bridgehead atoms. The lowest BCUT2D eigenvalue weighted by atomic mass is 10.1. The first-order valence-corrected chi connectivity index (χ1v) is 16.3. The zero-order chi connectivity index (χ0) is 35.5. The predicted molar refractivity (Wildman–Crippen MR) is 195 cm³/mol. The van der Waals surface area contributed by atoms with Gasteiger partial charge in [0.2, 0.25) is 5.91 Å². The Hall–Kier alpha value is -6.33. The van der Waals surface area contributed by atoms with Crippen molar-refractivity contribution in [1.82, 2.24) is 5.32 Å². The highest BCUT2D eigenvalue weighted by molar-refractivity contribution is 8.00. The number of nitrogens with two attached hydrogens (primary N) is 1. The summed E-state index contributed by atoms with van der Waals surface area (Å²) in [7, 11) is 3.04. The normalized spacial score (nSPS) is 11.5. The van der Waals surface area contributed by atoms with E-state index >= 15 is 0 Å². The van der Waals surface area contributed by atoms with Crippen LogP contribution < -0.4 is 31.2 Å². The topological polar surface area (TPSA) is 149 Å². The van der Waals surface area contributed by atoms with Crippen LogP contribution in [-0.2, 0) is 9.59 Å². The highest BCUT2D eigenvalue weighted by atomic mass is 32.2. The van der Waals surface area contributed by atoms with Crippen molar-refractivity contribution in [2.75, 3.05) is 24.9 Å². The van der Waals surface area contributed by atoms with Crippen molar-refractivity contribution in [3.05, 3.63) is 155 Å². The van der Waals surface area contributed by atoms with E-state index in [0.29, 0.717) is 34.0 Å². The summed E-state index contributed by atoms with van der Waals surface area (Å²) < 4.78 is 10.7. The number of methoxy groups -OCH3 is 2. The lowest BCUT2D eigenvalue weighted by Crippen LogP contribution is -2.30. The first-order valence-electron chi connectivity index (χ1n) is 15.4. The van der Waals surface area contributed by atoms with E-state index < -0.39 is 23.0 Å². The molecule has 0 aliphatic heterocycles. The average molecular weight is 687 g/mol. The van der Waals surface area contributed by atoms with Crippen molar-refractivity contribution in [1.29, 1.82) is 0 Å². The van der Waals surface area contributed by atoms with E-state index in [-0.39, 0.29) is 17.2 Å². The summed E-state index contributed by atoms with van der Waals surface area (Å²) in [5, 5.41) is 7.74. The van der Waals surface area contributed by atoms with E-state index in [2.05, 4.69) is 16.0 Å². The molecular formula is C39H34N4O6S. The van der Waals surface area contributed by atoms with Crippen LogP contribution >= 0.6 is 11.8 Å². The number of ether oxygens (including phenoxy) is 2. The first-order chi connectivity index (χ1) is 24.2. The minimum absolute atomic E-state index is 0.00146. The van der Waals surface area contributed by atoms with E-state index in [1.165, 1.54) is 26.0 Å². The molecule has 1 unspecified atom stereocenters. The Labute approximate surface area is 293 Å². The van der Waals surface area contributed by atoms with Crippen LogP contribution in [0.2, 0.25) is 0 Å². The smallest absolute Gasteiger partial charge is 0.272 e. The van der Waals surface area contributed by atoms with Crippen molar-refractivity contribution in [3.63, 3.8) is 0 Å². The van der Waals surface area contributed by atoms with Crippen molar-refractivity contribution in [2.24, 2.45) is 5.73 Å². The molecule has 0 aliphatic rings. The fourth-order valence-corrected chi connectivity index (χ4v) is 5.93. The fraction of sp³-hybridized carbons (Fsp3) is 0.0769. The van der Waals surface area contributed by atoms with E-state index in [4.69, 9.17) is 15.2 Å². The molecule has 50 heavy (non-hydrogen) atoms. The largest absolute Gasteiger partial charge is 0.493 e. The van der Waals surface area contributed by atoms with Crippen LogP contribution in [0.15, 0.2) is 138 Å². The maximum absolute atomic E-state index is 13.6. The van der Waals surface area contributed by atoms with Crippen LogP contribution in [0.4, 0.5) is 11.4 Å². The molecule has 0 fully saturated rings.